The maximum absolute atomic E-state index is 14.3. The third-order valence-corrected chi connectivity index (χ3v) is 5.11. The molecule has 0 unspecified atom stereocenters. The van der Waals surface area contributed by atoms with Gasteiger partial charge in [0, 0.05) is 23.2 Å². The maximum atomic E-state index is 14.3. The largest absolute Gasteiger partial charge is 0.460 e. The van der Waals surface area contributed by atoms with Crippen LogP contribution in [0.2, 0.25) is 0 Å². The molecular weight excluding hydrogens is 371 g/mol. The summed E-state index contributed by atoms with van der Waals surface area (Å²) in [5, 5.41) is 2.87. The van der Waals surface area contributed by atoms with Crippen LogP contribution in [0.4, 0.5) is 15.8 Å². The Morgan fingerprint density at radius 1 is 1.07 bits per heavy atom. The highest BCUT2D eigenvalue weighted by molar-refractivity contribution is 6.01. The van der Waals surface area contributed by atoms with Gasteiger partial charge in [0.25, 0.3) is 0 Å². The molecule has 1 atom stereocenters. The van der Waals surface area contributed by atoms with E-state index in [2.05, 4.69) is 5.32 Å². The van der Waals surface area contributed by atoms with Crippen LogP contribution in [0.25, 0.3) is 0 Å². The molecule has 0 aliphatic carbocycles. The number of halogens is 1. The van der Waals surface area contributed by atoms with E-state index in [1.54, 1.807) is 0 Å². The van der Waals surface area contributed by atoms with Gasteiger partial charge in [-0.3, -0.25) is 4.79 Å². The number of rotatable bonds is 3. The van der Waals surface area contributed by atoms with Gasteiger partial charge in [0.15, 0.2) is 0 Å². The molecule has 2 heterocycles. The Labute approximate surface area is 167 Å². The van der Waals surface area contributed by atoms with Gasteiger partial charge in [-0.1, -0.05) is 42.5 Å². The zero-order valence-corrected chi connectivity index (χ0v) is 15.6. The molecule has 3 aromatic rings. The van der Waals surface area contributed by atoms with E-state index in [0.29, 0.717) is 23.4 Å². The molecular formula is C23H19FN2O3. The number of carbonyl (C=O) groups excluding carboxylic acids is 1. The van der Waals surface area contributed by atoms with Crippen LogP contribution in [0.3, 0.4) is 0 Å². The molecule has 5 nitrogen and oxygen atoms in total. The highest BCUT2D eigenvalue weighted by atomic mass is 19.1. The number of anilines is 2. The Balaban J connectivity index is 1.49. The maximum Gasteiger partial charge on any atom is 0.243 e. The molecule has 5 rings (SSSR count). The molecule has 1 N–H and O–H groups in total. The minimum Gasteiger partial charge on any atom is -0.460 e. The number of amides is 1. The summed E-state index contributed by atoms with van der Waals surface area (Å²) in [4.78, 5) is 14.1. The summed E-state index contributed by atoms with van der Waals surface area (Å²) in [5.41, 5.74) is 3.91. The van der Waals surface area contributed by atoms with Gasteiger partial charge in [-0.25, -0.2) is 4.39 Å². The van der Waals surface area contributed by atoms with Crippen LogP contribution in [0.5, 0.6) is 5.75 Å². The minimum atomic E-state index is -0.551. The molecule has 0 fully saturated rings. The standard InChI is InChI=1S/C23H19FN2O3/c24-18-10-16(12-26-13-21(27)25-19-8-4-5-9-20(19)26)22-17(11-18)14-28-23(29-22)15-6-2-1-3-7-15/h1-11,23H,12-14H2,(H,25,27)/t23-/m0/s1. The summed E-state index contributed by atoms with van der Waals surface area (Å²) in [6, 6.07) is 20.1. The molecule has 146 valence electrons. The smallest absolute Gasteiger partial charge is 0.243 e. The van der Waals surface area contributed by atoms with E-state index in [0.717, 1.165) is 16.9 Å². The fraction of sp³-hybridized carbons (Fsp3) is 0.174. The van der Waals surface area contributed by atoms with Crippen LogP contribution in [0.15, 0.2) is 66.7 Å². The van der Waals surface area contributed by atoms with Gasteiger partial charge in [-0.2, -0.15) is 0 Å². The van der Waals surface area contributed by atoms with Gasteiger partial charge in [-0.15, -0.1) is 0 Å². The second-order valence-electron chi connectivity index (χ2n) is 7.15. The van der Waals surface area contributed by atoms with Crippen LogP contribution in [0.1, 0.15) is 23.0 Å². The van der Waals surface area contributed by atoms with Crippen molar-refractivity contribution in [1.29, 1.82) is 0 Å². The molecule has 0 radical (unpaired) electrons. The van der Waals surface area contributed by atoms with Crippen LogP contribution in [-0.4, -0.2) is 12.5 Å². The predicted molar refractivity (Wildman–Crippen MR) is 107 cm³/mol. The van der Waals surface area contributed by atoms with Crippen molar-refractivity contribution < 1.29 is 18.7 Å². The molecule has 0 saturated carbocycles. The summed E-state index contributed by atoms with van der Waals surface area (Å²) >= 11 is 0. The van der Waals surface area contributed by atoms with Crippen LogP contribution >= 0.6 is 0 Å². The van der Waals surface area contributed by atoms with E-state index >= 15 is 0 Å². The molecule has 0 aromatic heterocycles. The fourth-order valence-electron chi connectivity index (χ4n) is 3.82. The van der Waals surface area contributed by atoms with E-state index in [4.69, 9.17) is 9.47 Å². The number of ether oxygens (including phenoxy) is 2. The minimum absolute atomic E-state index is 0.0969. The number of fused-ring (bicyclic) bond motifs is 2. The number of nitrogens with zero attached hydrogens (tertiary/aromatic N) is 1. The lowest BCUT2D eigenvalue weighted by atomic mass is 10.1. The lowest BCUT2D eigenvalue weighted by Crippen LogP contribution is -2.38. The zero-order chi connectivity index (χ0) is 19.8. The van der Waals surface area contributed by atoms with E-state index in [-0.39, 0.29) is 24.9 Å². The van der Waals surface area contributed by atoms with Crippen LogP contribution in [-0.2, 0) is 22.7 Å². The first kappa shape index (κ1) is 17.7. The lowest BCUT2D eigenvalue weighted by molar-refractivity contribution is -0.115. The van der Waals surface area contributed by atoms with Crippen molar-refractivity contribution in [3.8, 4) is 5.75 Å². The number of benzene rings is 3. The van der Waals surface area contributed by atoms with Crippen molar-refractivity contribution >= 4 is 17.3 Å². The van der Waals surface area contributed by atoms with Crippen molar-refractivity contribution in [2.45, 2.75) is 19.4 Å². The normalized spacial score (nSPS) is 17.8. The molecule has 29 heavy (non-hydrogen) atoms. The Bertz CT molecular complexity index is 1070. The predicted octanol–water partition coefficient (Wildman–Crippen LogP) is 4.39. The third kappa shape index (κ3) is 3.43. The summed E-state index contributed by atoms with van der Waals surface area (Å²) in [7, 11) is 0. The van der Waals surface area contributed by atoms with Crippen molar-refractivity contribution in [1.82, 2.24) is 0 Å². The van der Waals surface area contributed by atoms with Gasteiger partial charge in [0.1, 0.15) is 11.6 Å². The number of carbonyl (C=O) groups is 1. The van der Waals surface area contributed by atoms with Crippen LogP contribution < -0.4 is 15.0 Å². The van der Waals surface area contributed by atoms with Crippen LogP contribution in [0, 0.1) is 5.82 Å². The molecule has 3 aromatic carbocycles. The first-order chi connectivity index (χ1) is 14.2. The van der Waals surface area contributed by atoms with Gasteiger partial charge in [-0.05, 0) is 24.3 Å². The van der Waals surface area contributed by atoms with E-state index in [1.165, 1.54) is 12.1 Å². The lowest BCUT2D eigenvalue weighted by Gasteiger charge is -2.33. The first-order valence-corrected chi connectivity index (χ1v) is 9.46. The highest BCUT2D eigenvalue weighted by Crippen LogP contribution is 2.38. The Morgan fingerprint density at radius 2 is 1.86 bits per heavy atom. The summed E-state index contributed by atoms with van der Waals surface area (Å²) < 4.78 is 26.2. The number of hydrogen-bond acceptors (Lipinski definition) is 4. The molecule has 2 aliphatic heterocycles. The van der Waals surface area contributed by atoms with Gasteiger partial charge in [0.2, 0.25) is 12.2 Å². The second-order valence-corrected chi connectivity index (χ2v) is 7.15. The zero-order valence-electron chi connectivity index (χ0n) is 15.6. The van der Waals surface area contributed by atoms with Gasteiger partial charge < -0.3 is 19.7 Å². The summed E-state index contributed by atoms with van der Waals surface area (Å²) in [5.74, 6) is 0.175. The topological polar surface area (TPSA) is 50.8 Å². The first-order valence-electron chi connectivity index (χ1n) is 9.46. The Morgan fingerprint density at radius 3 is 2.72 bits per heavy atom. The van der Waals surface area contributed by atoms with Crippen molar-refractivity contribution in [3.05, 3.63) is 89.2 Å². The molecule has 0 saturated heterocycles. The average molecular weight is 390 g/mol. The SMILES string of the molecule is O=C1CN(Cc2cc(F)cc3c2O[C@@H](c2ccccc2)OC3)c2ccccc2N1. The quantitative estimate of drug-likeness (QED) is 0.721. The molecule has 1 amide bonds. The molecule has 0 bridgehead atoms. The highest BCUT2D eigenvalue weighted by Gasteiger charge is 2.28. The number of nitrogens with one attached hydrogen (secondary N) is 1. The van der Waals surface area contributed by atoms with Gasteiger partial charge >= 0.3 is 0 Å². The Hall–Kier alpha value is -3.38. The van der Waals surface area contributed by atoms with E-state index in [1.807, 2.05) is 59.5 Å². The molecule has 0 spiro atoms. The third-order valence-electron chi connectivity index (χ3n) is 5.11. The fourth-order valence-corrected chi connectivity index (χ4v) is 3.82. The monoisotopic (exact) mass is 390 g/mol. The second kappa shape index (κ2) is 7.22. The van der Waals surface area contributed by atoms with Gasteiger partial charge in [0.05, 0.1) is 24.5 Å². The summed E-state index contributed by atoms with van der Waals surface area (Å²) in [6.45, 7) is 0.809. The molecule has 2 aliphatic rings. The summed E-state index contributed by atoms with van der Waals surface area (Å²) in [6.07, 6.45) is -0.551. The van der Waals surface area contributed by atoms with Crippen molar-refractivity contribution in [2.75, 3.05) is 16.8 Å². The number of para-hydroxylation sites is 2. The molecule has 6 heteroatoms. The average Bonchev–Trinajstić information content (AvgIpc) is 2.74. The van der Waals surface area contributed by atoms with E-state index < -0.39 is 6.29 Å². The Kier molecular flexibility index (Phi) is 4.41. The van der Waals surface area contributed by atoms with Crippen molar-refractivity contribution in [2.24, 2.45) is 0 Å². The van der Waals surface area contributed by atoms with E-state index in [9.17, 15) is 9.18 Å². The van der Waals surface area contributed by atoms with Crippen molar-refractivity contribution in [3.63, 3.8) is 0 Å². The number of hydrogen-bond donors (Lipinski definition) is 1.